The van der Waals surface area contributed by atoms with E-state index < -0.39 is 0 Å². The lowest BCUT2D eigenvalue weighted by molar-refractivity contribution is -0.00154. The van der Waals surface area contributed by atoms with Gasteiger partial charge in [-0.3, -0.25) is 0 Å². The third-order valence-corrected chi connectivity index (χ3v) is 4.62. The SMILES string of the molecule is C#CCC=CC(Cl)C1CC=CCC(C(Br)CC)O1. The maximum Gasteiger partial charge on any atom is 0.0812 e. The highest BCUT2D eigenvalue weighted by molar-refractivity contribution is 9.09. The smallest absolute Gasteiger partial charge is 0.0812 e. The van der Waals surface area contributed by atoms with E-state index in [1.54, 1.807) is 0 Å². The van der Waals surface area contributed by atoms with Gasteiger partial charge in [-0.25, -0.2) is 0 Å². The first-order valence-electron chi connectivity index (χ1n) is 6.37. The summed E-state index contributed by atoms with van der Waals surface area (Å²) in [4.78, 5) is 0.376. The average molecular weight is 332 g/mol. The number of hydrogen-bond acceptors (Lipinski definition) is 1. The lowest BCUT2D eigenvalue weighted by Crippen LogP contribution is -2.32. The molecule has 18 heavy (non-hydrogen) atoms. The fraction of sp³-hybridized carbons (Fsp3) is 0.600. The molecule has 4 unspecified atom stereocenters. The van der Waals surface area contributed by atoms with Gasteiger partial charge in [0.2, 0.25) is 0 Å². The molecule has 0 saturated heterocycles. The maximum absolute atomic E-state index is 6.35. The van der Waals surface area contributed by atoms with Crippen LogP contribution in [-0.2, 0) is 4.74 Å². The summed E-state index contributed by atoms with van der Waals surface area (Å²) < 4.78 is 6.11. The maximum atomic E-state index is 6.35. The zero-order chi connectivity index (χ0) is 13.4. The van der Waals surface area contributed by atoms with E-state index in [1.807, 2.05) is 12.2 Å². The minimum absolute atomic E-state index is 0.0241. The Labute approximate surface area is 124 Å². The second-order valence-corrected chi connectivity index (χ2v) is 6.04. The topological polar surface area (TPSA) is 9.23 Å². The third kappa shape index (κ3) is 5.18. The Hall–Kier alpha value is -0.230. The Morgan fingerprint density at radius 1 is 1.50 bits per heavy atom. The predicted molar refractivity (Wildman–Crippen MR) is 82.3 cm³/mol. The molecular weight excluding hydrogens is 312 g/mol. The highest BCUT2D eigenvalue weighted by Gasteiger charge is 2.26. The molecule has 4 atom stereocenters. The highest BCUT2D eigenvalue weighted by Crippen LogP contribution is 2.25. The van der Waals surface area contributed by atoms with Crippen LogP contribution >= 0.6 is 27.5 Å². The van der Waals surface area contributed by atoms with Gasteiger partial charge >= 0.3 is 0 Å². The van der Waals surface area contributed by atoms with Crippen LogP contribution in [0.5, 0.6) is 0 Å². The molecule has 100 valence electrons. The van der Waals surface area contributed by atoms with E-state index in [2.05, 4.69) is 40.9 Å². The summed E-state index contributed by atoms with van der Waals surface area (Å²) in [6, 6.07) is 0. The molecule has 0 saturated carbocycles. The van der Waals surface area contributed by atoms with Crippen LogP contribution in [0.15, 0.2) is 24.3 Å². The van der Waals surface area contributed by atoms with Gasteiger partial charge in [0.25, 0.3) is 0 Å². The highest BCUT2D eigenvalue weighted by atomic mass is 79.9. The molecule has 0 radical (unpaired) electrons. The Kier molecular flexibility index (Phi) is 7.74. The lowest BCUT2D eigenvalue weighted by atomic mass is 10.1. The minimum Gasteiger partial charge on any atom is -0.371 e. The zero-order valence-corrected chi connectivity index (χ0v) is 13.0. The van der Waals surface area contributed by atoms with Gasteiger partial charge in [0, 0.05) is 11.2 Å². The molecule has 0 aliphatic carbocycles. The number of hydrogen-bond donors (Lipinski definition) is 0. The van der Waals surface area contributed by atoms with Crippen LogP contribution in [0.2, 0.25) is 0 Å². The first-order valence-corrected chi connectivity index (χ1v) is 7.73. The van der Waals surface area contributed by atoms with Crippen LogP contribution in [0.1, 0.15) is 32.6 Å². The molecule has 0 fully saturated rings. The van der Waals surface area contributed by atoms with Gasteiger partial charge in [0.15, 0.2) is 0 Å². The first-order chi connectivity index (χ1) is 8.69. The summed E-state index contributed by atoms with van der Waals surface area (Å²) >= 11 is 10.0. The standard InChI is InChI=1S/C15H20BrClO/c1-3-5-6-9-13(17)15-11-8-7-10-14(18-15)12(16)4-2/h1,6-9,12-15H,4-5,10-11H2,2H3. The van der Waals surface area contributed by atoms with Crippen LogP contribution < -0.4 is 0 Å². The molecule has 0 spiro atoms. The van der Waals surface area contributed by atoms with Gasteiger partial charge in [-0.15, -0.1) is 23.9 Å². The van der Waals surface area contributed by atoms with Gasteiger partial charge in [0.1, 0.15) is 0 Å². The van der Waals surface area contributed by atoms with Gasteiger partial charge in [-0.2, -0.15) is 0 Å². The second kappa shape index (κ2) is 8.80. The van der Waals surface area contributed by atoms with Gasteiger partial charge in [-0.05, 0) is 19.3 Å². The summed E-state index contributed by atoms with van der Waals surface area (Å²) in [5, 5.41) is -0.125. The third-order valence-electron chi connectivity index (χ3n) is 2.96. The monoisotopic (exact) mass is 330 g/mol. The fourth-order valence-corrected chi connectivity index (χ4v) is 2.49. The normalized spacial score (nSPS) is 27.7. The van der Waals surface area contributed by atoms with Crippen molar-refractivity contribution in [1.29, 1.82) is 0 Å². The van der Waals surface area contributed by atoms with E-state index in [0.717, 1.165) is 19.3 Å². The summed E-state index contributed by atoms with van der Waals surface area (Å²) in [5.41, 5.74) is 0. The van der Waals surface area contributed by atoms with Crippen molar-refractivity contribution >= 4 is 27.5 Å². The average Bonchev–Trinajstić information content (AvgIpc) is 2.63. The van der Waals surface area contributed by atoms with E-state index in [0.29, 0.717) is 11.2 Å². The van der Waals surface area contributed by atoms with Crippen molar-refractivity contribution in [3.05, 3.63) is 24.3 Å². The quantitative estimate of drug-likeness (QED) is 0.411. The molecule has 3 heteroatoms. The molecule has 1 aliphatic heterocycles. The van der Waals surface area contributed by atoms with Crippen molar-refractivity contribution in [2.24, 2.45) is 0 Å². The number of rotatable bonds is 5. The van der Waals surface area contributed by atoms with Crippen molar-refractivity contribution < 1.29 is 4.74 Å². The van der Waals surface area contributed by atoms with E-state index in [9.17, 15) is 0 Å². The molecule has 0 aromatic carbocycles. The number of halogens is 2. The van der Waals surface area contributed by atoms with E-state index >= 15 is 0 Å². The van der Waals surface area contributed by atoms with E-state index in [4.69, 9.17) is 22.8 Å². The molecule has 0 N–H and O–H groups in total. The Morgan fingerprint density at radius 2 is 2.17 bits per heavy atom. The first kappa shape index (κ1) is 15.8. The van der Waals surface area contributed by atoms with Crippen LogP contribution in [0, 0.1) is 12.3 Å². The zero-order valence-electron chi connectivity index (χ0n) is 10.7. The molecule has 0 amide bonds. The molecule has 1 heterocycles. The van der Waals surface area contributed by atoms with Crippen LogP contribution in [0.25, 0.3) is 0 Å². The number of allylic oxidation sites excluding steroid dienone is 1. The number of ether oxygens (including phenoxy) is 1. The van der Waals surface area contributed by atoms with Crippen molar-refractivity contribution in [3.8, 4) is 12.3 Å². The van der Waals surface area contributed by atoms with Crippen LogP contribution in [0.4, 0.5) is 0 Å². The second-order valence-electron chi connectivity index (χ2n) is 4.36. The van der Waals surface area contributed by atoms with Gasteiger partial charge in [-0.1, -0.05) is 47.2 Å². The molecule has 1 aliphatic rings. The van der Waals surface area contributed by atoms with Crippen molar-refractivity contribution in [1.82, 2.24) is 0 Å². The number of terminal acetylenes is 1. The molecular formula is C15H20BrClO. The number of alkyl halides is 2. The van der Waals surface area contributed by atoms with Crippen molar-refractivity contribution in [2.45, 2.75) is 55.0 Å². The summed E-state index contributed by atoms with van der Waals surface area (Å²) in [6.45, 7) is 2.15. The minimum atomic E-state index is -0.125. The lowest BCUT2D eigenvalue weighted by Gasteiger charge is -2.26. The fourth-order valence-electron chi connectivity index (χ4n) is 1.89. The molecule has 1 nitrogen and oxygen atoms in total. The molecule has 0 aromatic heterocycles. The Bertz CT molecular complexity index is 332. The predicted octanol–water partition coefficient (Wildman–Crippen LogP) is 4.45. The molecule has 0 aromatic rings. The van der Waals surface area contributed by atoms with Crippen LogP contribution in [-0.4, -0.2) is 22.4 Å². The van der Waals surface area contributed by atoms with Gasteiger partial charge in [0.05, 0.1) is 17.6 Å². The van der Waals surface area contributed by atoms with Crippen LogP contribution in [0.3, 0.4) is 0 Å². The molecule has 1 rings (SSSR count). The summed E-state index contributed by atoms with van der Waals surface area (Å²) in [7, 11) is 0. The Balaban J connectivity index is 2.59. The largest absolute Gasteiger partial charge is 0.371 e. The van der Waals surface area contributed by atoms with E-state index in [1.165, 1.54) is 0 Å². The van der Waals surface area contributed by atoms with E-state index in [-0.39, 0.29) is 17.6 Å². The summed E-state index contributed by atoms with van der Waals surface area (Å²) in [5.74, 6) is 2.57. The van der Waals surface area contributed by atoms with Crippen molar-refractivity contribution in [3.63, 3.8) is 0 Å². The van der Waals surface area contributed by atoms with Crippen molar-refractivity contribution in [2.75, 3.05) is 0 Å². The molecule has 0 bridgehead atoms. The Morgan fingerprint density at radius 3 is 2.78 bits per heavy atom. The van der Waals surface area contributed by atoms with Gasteiger partial charge < -0.3 is 4.74 Å². The summed E-state index contributed by atoms with van der Waals surface area (Å²) in [6.07, 6.45) is 17.1.